The van der Waals surface area contributed by atoms with Crippen molar-refractivity contribution in [2.75, 3.05) is 0 Å². The van der Waals surface area contributed by atoms with E-state index in [9.17, 15) is 0 Å². The summed E-state index contributed by atoms with van der Waals surface area (Å²) in [4.78, 5) is 4.30. The van der Waals surface area contributed by atoms with Crippen LogP contribution in [0.1, 0.15) is 51.7 Å². The lowest BCUT2D eigenvalue weighted by atomic mass is 10.1. The van der Waals surface area contributed by atoms with Gasteiger partial charge in [-0.1, -0.05) is 32.9 Å². The standard InChI is InChI=1S/C10H18N2O/c1-7(2)5-6-9-11-10(8(3)4)12-13-9/h7-8H,5-6H2,1-4H3. The van der Waals surface area contributed by atoms with Gasteiger partial charge in [0.2, 0.25) is 5.89 Å². The molecular weight excluding hydrogens is 164 g/mol. The molecule has 1 aromatic rings. The summed E-state index contributed by atoms with van der Waals surface area (Å²) in [5.41, 5.74) is 0. The second-order valence-corrected chi connectivity index (χ2v) is 4.13. The Labute approximate surface area is 79.5 Å². The first-order chi connectivity index (χ1) is 6.09. The molecule has 0 aliphatic carbocycles. The molecule has 0 amide bonds. The third-order valence-corrected chi connectivity index (χ3v) is 1.94. The predicted molar refractivity (Wildman–Crippen MR) is 51.5 cm³/mol. The fraction of sp³-hybridized carbons (Fsp3) is 0.800. The van der Waals surface area contributed by atoms with Crippen molar-refractivity contribution in [3.05, 3.63) is 11.7 Å². The molecule has 0 bridgehead atoms. The minimum atomic E-state index is 0.358. The topological polar surface area (TPSA) is 38.9 Å². The zero-order chi connectivity index (χ0) is 9.84. The molecule has 74 valence electrons. The van der Waals surface area contributed by atoms with Gasteiger partial charge >= 0.3 is 0 Å². The normalized spacial score (nSPS) is 11.5. The van der Waals surface area contributed by atoms with E-state index in [1.807, 2.05) is 0 Å². The van der Waals surface area contributed by atoms with Gasteiger partial charge in [-0.15, -0.1) is 0 Å². The van der Waals surface area contributed by atoms with Gasteiger partial charge in [0.15, 0.2) is 5.82 Å². The molecule has 0 aliphatic rings. The van der Waals surface area contributed by atoms with Gasteiger partial charge in [-0.2, -0.15) is 4.98 Å². The number of aryl methyl sites for hydroxylation is 1. The van der Waals surface area contributed by atoms with Crippen molar-refractivity contribution >= 4 is 0 Å². The van der Waals surface area contributed by atoms with Crippen LogP contribution in [-0.4, -0.2) is 10.1 Å². The largest absolute Gasteiger partial charge is 0.339 e. The lowest BCUT2D eigenvalue weighted by Crippen LogP contribution is -1.94. The molecule has 0 N–H and O–H groups in total. The average Bonchev–Trinajstić information content (AvgIpc) is 2.48. The molecule has 0 spiro atoms. The molecular formula is C10H18N2O. The van der Waals surface area contributed by atoms with Crippen molar-refractivity contribution in [1.29, 1.82) is 0 Å². The van der Waals surface area contributed by atoms with Gasteiger partial charge in [-0.05, 0) is 12.3 Å². The van der Waals surface area contributed by atoms with Crippen molar-refractivity contribution in [2.45, 2.75) is 46.5 Å². The number of hydrogen-bond donors (Lipinski definition) is 0. The van der Waals surface area contributed by atoms with Crippen LogP contribution in [0, 0.1) is 5.92 Å². The molecule has 1 heterocycles. The highest BCUT2D eigenvalue weighted by molar-refractivity contribution is 4.91. The van der Waals surface area contributed by atoms with E-state index in [2.05, 4.69) is 37.8 Å². The second kappa shape index (κ2) is 4.40. The van der Waals surface area contributed by atoms with Gasteiger partial charge in [0.25, 0.3) is 0 Å². The van der Waals surface area contributed by atoms with Crippen LogP contribution < -0.4 is 0 Å². The maximum atomic E-state index is 5.12. The van der Waals surface area contributed by atoms with Crippen molar-refractivity contribution < 1.29 is 4.52 Å². The Hall–Kier alpha value is -0.860. The summed E-state index contributed by atoms with van der Waals surface area (Å²) in [6, 6.07) is 0. The fourth-order valence-corrected chi connectivity index (χ4v) is 1.02. The van der Waals surface area contributed by atoms with Crippen LogP contribution in [0.2, 0.25) is 0 Å². The van der Waals surface area contributed by atoms with E-state index in [4.69, 9.17) is 4.52 Å². The molecule has 0 saturated carbocycles. The quantitative estimate of drug-likeness (QED) is 0.718. The molecule has 13 heavy (non-hydrogen) atoms. The predicted octanol–water partition coefficient (Wildman–Crippen LogP) is 2.78. The highest BCUT2D eigenvalue weighted by Crippen LogP contribution is 2.12. The number of nitrogens with zero attached hydrogens (tertiary/aromatic N) is 2. The molecule has 0 aliphatic heterocycles. The van der Waals surface area contributed by atoms with Crippen LogP contribution in [0.4, 0.5) is 0 Å². The number of hydrogen-bond acceptors (Lipinski definition) is 3. The van der Waals surface area contributed by atoms with Crippen LogP contribution in [0.5, 0.6) is 0 Å². The first-order valence-corrected chi connectivity index (χ1v) is 4.92. The summed E-state index contributed by atoms with van der Waals surface area (Å²) in [6.07, 6.45) is 2.01. The molecule has 0 saturated heterocycles. The molecule has 1 rings (SSSR count). The molecule has 3 heteroatoms. The van der Waals surface area contributed by atoms with E-state index in [1.54, 1.807) is 0 Å². The SMILES string of the molecule is CC(C)CCc1nc(C(C)C)no1. The molecule has 0 fully saturated rings. The summed E-state index contributed by atoms with van der Waals surface area (Å²) in [5, 5.41) is 3.91. The lowest BCUT2D eigenvalue weighted by molar-refractivity contribution is 0.362. The Morgan fingerprint density at radius 1 is 1.23 bits per heavy atom. The van der Waals surface area contributed by atoms with E-state index in [0.29, 0.717) is 11.8 Å². The van der Waals surface area contributed by atoms with Gasteiger partial charge in [-0.25, -0.2) is 0 Å². The van der Waals surface area contributed by atoms with Crippen LogP contribution in [-0.2, 0) is 6.42 Å². The van der Waals surface area contributed by atoms with E-state index < -0.39 is 0 Å². The van der Waals surface area contributed by atoms with Crippen LogP contribution in [0.15, 0.2) is 4.52 Å². The average molecular weight is 182 g/mol. The maximum Gasteiger partial charge on any atom is 0.226 e. The fourth-order valence-electron chi connectivity index (χ4n) is 1.02. The van der Waals surface area contributed by atoms with E-state index in [1.165, 1.54) is 0 Å². The lowest BCUT2D eigenvalue weighted by Gasteiger charge is -1.98. The molecule has 0 atom stereocenters. The molecule has 0 aromatic carbocycles. The Morgan fingerprint density at radius 3 is 2.38 bits per heavy atom. The molecule has 1 aromatic heterocycles. The summed E-state index contributed by atoms with van der Waals surface area (Å²) >= 11 is 0. The summed E-state index contributed by atoms with van der Waals surface area (Å²) in [7, 11) is 0. The molecule has 0 unspecified atom stereocenters. The summed E-state index contributed by atoms with van der Waals surface area (Å²) < 4.78 is 5.12. The monoisotopic (exact) mass is 182 g/mol. The van der Waals surface area contributed by atoms with Crippen molar-refractivity contribution in [3.8, 4) is 0 Å². The van der Waals surface area contributed by atoms with E-state index >= 15 is 0 Å². The van der Waals surface area contributed by atoms with Gasteiger partial charge < -0.3 is 4.52 Å². The first-order valence-electron chi connectivity index (χ1n) is 4.92. The Morgan fingerprint density at radius 2 is 1.92 bits per heavy atom. The van der Waals surface area contributed by atoms with Gasteiger partial charge in [0.05, 0.1) is 0 Å². The van der Waals surface area contributed by atoms with Crippen molar-refractivity contribution in [1.82, 2.24) is 10.1 Å². The van der Waals surface area contributed by atoms with Crippen LogP contribution in [0.25, 0.3) is 0 Å². The van der Waals surface area contributed by atoms with E-state index in [-0.39, 0.29) is 0 Å². The third-order valence-electron chi connectivity index (χ3n) is 1.94. The first kappa shape index (κ1) is 10.2. The Balaban J connectivity index is 2.49. The molecule has 3 nitrogen and oxygen atoms in total. The van der Waals surface area contributed by atoms with Crippen molar-refractivity contribution in [2.24, 2.45) is 5.92 Å². The summed E-state index contributed by atoms with van der Waals surface area (Å²) in [5.74, 6) is 2.64. The Bertz CT molecular complexity index is 253. The second-order valence-electron chi connectivity index (χ2n) is 4.13. The maximum absolute atomic E-state index is 5.12. The van der Waals surface area contributed by atoms with Gasteiger partial charge in [-0.3, -0.25) is 0 Å². The van der Waals surface area contributed by atoms with Gasteiger partial charge in [0, 0.05) is 12.3 Å². The van der Waals surface area contributed by atoms with Crippen molar-refractivity contribution in [3.63, 3.8) is 0 Å². The molecule has 0 radical (unpaired) electrons. The van der Waals surface area contributed by atoms with Crippen LogP contribution >= 0.6 is 0 Å². The highest BCUT2D eigenvalue weighted by atomic mass is 16.5. The van der Waals surface area contributed by atoms with E-state index in [0.717, 1.165) is 24.6 Å². The minimum Gasteiger partial charge on any atom is -0.339 e. The highest BCUT2D eigenvalue weighted by Gasteiger charge is 2.09. The third kappa shape index (κ3) is 3.17. The summed E-state index contributed by atoms with van der Waals surface area (Å²) in [6.45, 7) is 8.52. The number of aromatic nitrogens is 2. The van der Waals surface area contributed by atoms with Gasteiger partial charge in [0.1, 0.15) is 0 Å². The minimum absolute atomic E-state index is 0.358. The smallest absolute Gasteiger partial charge is 0.226 e. The zero-order valence-corrected chi connectivity index (χ0v) is 8.87. The van der Waals surface area contributed by atoms with Crippen LogP contribution in [0.3, 0.4) is 0 Å². The number of rotatable bonds is 4. The Kier molecular flexibility index (Phi) is 3.46. The zero-order valence-electron chi connectivity index (χ0n) is 8.87.